The highest BCUT2D eigenvalue weighted by molar-refractivity contribution is 6.22. The average molecular weight is 487 g/mol. The summed E-state index contributed by atoms with van der Waals surface area (Å²) in [4.78, 5) is 36.3. The molecule has 0 radical (unpaired) electrons. The summed E-state index contributed by atoms with van der Waals surface area (Å²) in [7, 11) is 0. The van der Waals surface area contributed by atoms with Gasteiger partial charge < -0.3 is 14.9 Å². The second-order valence-electron chi connectivity index (χ2n) is 10.5. The van der Waals surface area contributed by atoms with E-state index in [9.17, 15) is 24.6 Å². The van der Waals surface area contributed by atoms with E-state index in [0.29, 0.717) is 0 Å². The molecule has 0 aliphatic heterocycles. The number of halogens is 3. The lowest BCUT2D eigenvalue weighted by molar-refractivity contribution is -0.223. The first-order valence-corrected chi connectivity index (χ1v) is 11.6. The summed E-state index contributed by atoms with van der Waals surface area (Å²) in [5, 5.41) is 21.5. The topological polar surface area (TPSA) is 101 Å². The molecule has 2 N–H and O–H groups in total. The Bertz CT molecular complexity index is 982. The summed E-state index contributed by atoms with van der Waals surface area (Å²) in [6.45, 7) is 5.14. The Morgan fingerprint density at radius 1 is 1.33 bits per heavy atom. The van der Waals surface area contributed by atoms with Crippen molar-refractivity contribution in [3.05, 3.63) is 23.8 Å². The van der Waals surface area contributed by atoms with Crippen LogP contribution in [0, 0.1) is 28.6 Å². The first-order chi connectivity index (χ1) is 15.2. The predicted octanol–water partition coefficient (Wildman–Crippen LogP) is 2.63. The summed E-state index contributed by atoms with van der Waals surface area (Å²) in [5.41, 5.74) is -7.54. The van der Waals surface area contributed by atoms with E-state index in [1.807, 2.05) is 0 Å². The number of rotatable bonds is 3. The fourth-order valence-corrected chi connectivity index (χ4v) is 7.85. The second kappa shape index (κ2) is 7.43. The molecule has 33 heavy (non-hydrogen) atoms. The van der Waals surface area contributed by atoms with Gasteiger partial charge in [-0.2, -0.15) is 0 Å². The monoisotopic (exact) mass is 486 g/mol. The minimum Gasteiger partial charge on any atom is -0.458 e. The predicted molar refractivity (Wildman–Crippen MR) is 115 cm³/mol. The van der Waals surface area contributed by atoms with E-state index in [0.717, 1.165) is 13.0 Å². The molecule has 0 spiro atoms. The zero-order valence-electron chi connectivity index (χ0n) is 19.0. The Morgan fingerprint density at radius 3 is 2.58 bits per heavy atom. The van der Waals surface area contributed by atoms with Crippen molar-refractivity contribution in [3.8, 4) is 0 Å². The van der Waals surface area contributed by atoms with Crippen LogP contribution < -0.4 is 0 Å². The highest BCUT2D eigenvalue weighted by Gasteiger charge is 2.78. The Hall–Kier alpha value is -1.64. The maximum atomic E-state index is 17.2. The van der Waals surface area contributed by atoms with Gasteiger partial charge in [0.1, 0.15) is 11.8 Å². The zero-order valence-corrected chi connectivity index (χ0v) is 19.7. The molecule has 0 aromatic carbocycles. The standard InChI is InChI=1S/C24H29ClF2O6/c1-11-7-14-18-19(25)20(26)15-8-13(29)5-6-21(15,3)23(18,27)16(30)9-22(14,4)24(11,32)17(31)10-33-12(2)28/h5-6,8,11,14,16,18-20,30,32H,7,9-10H2,1-4H3/t11-,14+,16+,18-,19+,20+,21+,22+,23-,24+/m1/s1. The number of carbonyl (C=O) groups excluding carboxylic acids is 3. The highest BCUT2D eigenvalue weighted by atomic mass is 35.5. The van der Waals surface area contributed by atoms with Gasteiger partial charge in [-0.1, -0.05) is 19.9 Å². The van der Waals surface area contributed by atoms with Gasteiger partial charge in [-0.25, -0.2) is 8.78 Å². The first-order valence-electron chi connectivity index (χ1n) is 11.2. The lowest BCUT2D eigenvalue weighted by atomic mass is 9.44. The Labute approximate surface area is 196 Å². The lowest BCUT2D eigenvalue weighted by Gasteiger charge is -2.64. The van der Waals surface area contributed by atoms with E-state index in [1.54, 1.807) is 13.8 Å². The third-order valence-electron chi connectivity index (χ3n) is 9.06. The van der Waals surface area contributed by atoms with Crippen LogP contribution >= 0.6 is 11.6 Å². The summed E-state index contributed by atoms with van der Waals surface area (Å²) in [6.07, 6.45) is -0.168. The van der Waals surface area contributed by atoms with Crippen molar-refractivity contribution in [2.24, 2.45) is 28.6 Å². The van der Waals surface area contributed by atoms with E-state index in [4.69, 9.17) is 16.3 Å². The molecule has 0 aromatic heterocycles. The van der Waals surface area contributed by atoms with Crippen molar-refractivity contribution in [1.29, 1.82) is 0 Å². The maximum Gasteiger partial charge on any atom is 0.303 e. The first kappa shape index (κ1) is 24.5. The zero-order chi connectivity index (χ0) is 24.7. The maximum absolute atomic E-state index is 17.2. The van der Waals surface area contributed by atoms with Crippen LogP contribution in [0.3, 0.4) is 0 Å². The van der Waals surface area contributed by atoms with E-state index in [2.05, 4.69) is 0 Å². The molecule has 3 fully saturated rings. The third kappa shape index (κ3) is 2.86. The van der Waals surface area contributed by atoms with Crippen molar-refractivity contribution in [3.63, 3.8) is 0 Å². The minimum atomic E-state index is -2.43. The molecular formula is C24H29ClF2O6. The number of aliphatic hydroxyl groups excluding tert-OH is 1. The fourth-order valence-electron chi connectivity index (χ4n) is 7.35. The van der Waals surface area contributed by atoms with Crippen LogP contribution in [0.15, 0.2) is 23.8 Å². The van der Waals surface area contributed by atoms with E-state index < -0.39 is 81.6 Å². The molecule has 9 heteroatoms. The van der Waals surface area contributed by atoms with Gasteiger partial charge in [0.05, 0.1) is 11.5 Å². The SMILES string of the molecule is CC(=O)OCC(=O)[C@@]1(O)[C@H](C)C[C@H]2[C@@H]3[C@H](Cl)[C@@H](F)C4=CC(=O)C=C[C@]4(C)[C@@]3(F)[C@@H](O)C[C@@]21C. The molecule has 4 aliphatic carbocycles. The van der Waals surface area contributed by atoms with E-state index in [-0.39, 0.29) is 18.4 Å². The van der Waals surface area contributed by atoms with Crippen LogP contribution in [0.25, 0.3) is 0 Å². The summed E-state index contributed by atoms with van der Waals surface area (Å²) in [6, 6.07) is 0. The molecule has 0 saturated heterocycles. The molecule has 4 rings (SSSR count). The van der Waals surface area contributed by atoms with Gasteiger partial charge in [-0.3, -0.25) is 14.4 Å². The number of fused-ring (bicyclic) bond motifs is 5. The third-order valence-corrected chi connectivity index (χ3v) is 9.55. The molecule has 0 amide bonds. The number of alkyl halides is 3. The van der Waals surface area contributed by atoms with Crippen LogP contribution in [-0.2, 0) is 19.1 Å². The van der Waals surface area contributed by atoms with Crippen LogP contribution in [-0.4, -0.2) is 63.3 Å². The van der Waals surface area contributed by atoms with Crippen molar-refractivity contribution >= 4 is 29.1 Å². The number of hydrogen-bond donors (Lipinski definition) is 2. The number of allylic oxidation sites excluding steroid dienone is 4. The smallest absolute Gasteiger partial charge is 0.303 e. The van der Waals surface area contributed by atoms with Gasteiger partial charge in [0.2, 0.25) is 5.78 Å². The Morgan fingerprint density at radius 2 is 1.97 bits per heavy atom. The number of Topliss-reactive ketones (excluding diaryl/α,β-unsaturated/α-hetero) is 1. The molecule has 0 heterocycles. The van der Waals surface area contributed by atoms with E-state index in [1.165, 1.54) is 19.1 Å². The van der Waals surface area contributed by atoms with Gasteiger partial charge in [0, 0.05) is 23.7 Å². The number of ketones is 2. The van der Waals surface area contributed by atoms with Gasteiger partial charge in [-0.05, 0) is 49.3 Å². The quantitative estimate of drug-likeness (QED) is 0.470. The van der Waals surface area contributed by atoms with Crippen LogP contribution in [0.5, 0.6) is 0 Å². The minimum absolute atomic E-state index is 0.108. The highest BCUT2D eigenvalue weighted by Crippen LogP contribution is 2.71. The molecule has 6 nitrogen and oxygen atoms in total. The molecule has 0 bridgehead atoms. The number of hydrogen-bond acceptors (Lipinski definition) is 6. The normalized spacial score (nSPS) is 50.7. The van der Waals surface area contributed by atoms with Crippen LogP contribution in [0.4, 0.5) is 8.78 Å². The van der Waals surface area contributed by atoms with Crippen molar-refractivity contribution in [1.82, 2.24) is 0 Å². The van der Waals surface area contributed by atoms with Crippen LogP contribution in [0.1, 0.15) is 40.5 Å². The summed E-state index contributed by atoms with van der Waals surface area (Å²) < 4.78 is 37.6. The molecule has 4 aliphatic rings. The largest absolute Gasteiger partial charge is 0.458 e. The van der Waals surface area contributed by atoms with Crippen LogP contribution in [0.2, 0.25) is 0 Å². The second-order valence-corrected chi connectivity index (χ2v) is 11.0. The van der Waals surface area contributed by atoms with Crippen molar-refractivity contribution in [2.75, 3.05) is 6.61 Å². The van der Waals surface area contributed by atoms with Gasteiger partial charge in [0.25, 0.3) is 0 Å². The molecule has 0 unspecified atom stereocenters. The van der Waals surface area contributed by atoms with Crippen molar-refractivity contribution in [2.45, 2.75) is 69.5 Å². The fraction of sp³-hybridized carbons (Fsp3) is 0.708. The van der Waals surface area contributed by atoms with E-state index >= 15 is 8.78 Å². The number of esters is 1. The lowest BCUT2D eigenvalue weighted by Crippen LogP contribution is -2.73. The molecular weight excluding hydrogens is 458 g/mol. The summed E-state index contributed by atoms with van der Waals surface area (Å²) >= 11 is 6.54. The molecule has 10 atom stereocenters. The molecule has 3 saturated carbocycles. The Kier molecular flexibility index (Phi) is 5.51. The molecule has 0 aromatic rings. The van der Waals surface area contributed by atoms with Gasteiger partial charge >= 0.3 is 5.97 Å². The summed E-state index contributed by atoms with van der Waals surface area (Å²) in [5.74, 6) is -4.60. The van der Waals surface area contributed by atoms with Crippen molar-refractivity contribution < 1.29 is 38.1 Å². The number of ether oxygens (including phenoxy) is 1. The average Bonchev–Trinajstić information content (AvgIpc) is 2.93. The molecule has 182 valence electrons. The number of carbonyl (C=O) groups is 3. The van der Waals surface area contributed by atoms with Gasteiger partial charge in [0.15, 0.2) is 18.1 Å². The number of aliphatic hydroxyl groups is 2. The van der Waals surface area contributed by atoms with Gasteiger partial charge in [-0.15, -0.1) is 11.6 Å². The Balaban J connectivity index is 1.84.